The zero-order valence-electron chi connectivity index (χ0n) is 20.8. The Bertz CT molecular complexity index is 1600. The highest BCUT2D eigenvalue weighted by molar-refractivity contribution is 7.92. The van der Waals surface area contributed by atoms with Crippen LogP contribution in [0.4, 0.5) is 11.4 Å². The van der Waals surface area contributed by atoms with Crippen molar-refractivity contribution in [1.82, 2.24) is 4.90 Å². The molecule has 2 N–H and O–H groups in total. The fourth-order valence-electron chi connectivity index (χ4n) is 4.46. The lowest BCUT2D eigenvalue weighted by Gasteiger charge is -2.16. The Labute approximate surface area is 231 Å². The van der Waals surface area contributed by atoms with Crippen LogP contribution >= 0.6 is 22.9 Å². The van der Waals surface area contributed by atoms with Gasteiger partial charge in [-0.1, -0.05) is 54.1 Å². The van der Waals surface area contributed by atoms with E-state index in [4.69, 9.17) is 16.3 Å². The molecule has 1 aliphatic heterocycles. The summed E-state index contributed by atoms with van der Waals surface area (Å²) < 4.78 is 31.9. The third-order valence-electron chi connectivity index (χ3n) is 5.96. The number of fused-ring (bicyclic) bond motifs is 3. The van der Waals surface area contributed by atoms with Crippen LogP contribution in [0.3, 0.4) is 0 Å². The molecule has 196 valence electrons. The van der Waals surface area contributed by atoms with E-state index in [0.29, 0.717) is 28.7 Å². The summed E-state index contributed by atoms with van der Waals surface area (Å²) in [4.78, 5) is 17.1. The lowest BCUT2D eigenvalue weighted by atomic mass is 9.99. The number of amides is 1. The summed E-state index contributed by atoms with van der Waals surface area (Å²) in [5, 5.41) is 3.15. The molecular formula is C28H26ClN3O4S2. The molecule has 4 aromatic rings. The number of carbonyl (C=O) groups excluding carboxylic acids is 1. The van der Waals surface area contributed by atoms with Crippen LogP contribution in [0.2, 0.25) is 5.02 Å². The SMILES string of the molecule is CN1Cc2cccc(OCc3ccccc3)c2-c2cc(C(=O)Nc3cc(Cl)cc(NS(C)(=O)=O)c3)sc2C1. The van der Waals surface area contributed by atoms with Crippen LogP contribution in [0.1, 0.15) is 25.7 Å². The van der Waals surface area contributed by atoms with E-state index in [1.165, 1.54) is 23.5 Å². The van der Waals surface area contributed by atoms with Crippen molar-refractivity contribution in [1.29, 1.82) is 0 Å². The van der Waals surface area contributed by atoms with Gasteiger partial charge >= 0.3 is 0 Å². The van der Waals surface area contributed by atoms with Gasteiger partial charge in [0, 0.05) is 39.8 Å². The Hall–Kier alpha value is -3.37. The van der Waals surface area contributed by atoms with Gasteiger partial charge in [0.1, 0.15) is 12.4 Å². The molecule has 0 saturated heterocycles. The number of nitrogens with one attached hydrogen (secondary N) is 2. The number of hydrogen-bond donors (Lipinski definition) is 2. The fraction of sp³-hybridized carbons (Fsp3) is 0.179. The Morgan fingerprint density at radius 3 is 2.55 bits per heavy atom. The van der Waals surface area contributed by atoms with Gasteiger partial charge in [-0.05, 0) is 48.5 Å². The number of thiophene rings is 1. The Kier molecular flexibility index (Phi) is 7.45. The van der Waals surface area contributed by atoms with Gasteiger partial charge in [0.2, 0.25) is 10.0 Å². The predicted molar refractivity (Wildman–Crippen MR) is 154 cm³/mol. The highest BCUT2D eigenvalue weighted by atomic mass is 35.5. The molecule has 5 rings (SSSR count). The number of hydrogen-bond acceptors (Lipinski definition) is 6. The molecule has 0 atom stereocenters. The number of anilines is 2. The van der Waals surface area contributed by atoms with Crippen molar-refractivity contribution >= 4 is 50.2 Å². The molecule has 0 bridgehead atoms. The maximum atomic E-state index is 13.3. The van der Waals surface area contributed by atoms with Gasteiger partial charge in [0.25, 0.3) is 5.91 Å². The summed E-state index contributed by atoms with van der Waals surface area (Å²) in [6.45, 7) is 1.90. The molecule has 0 aliphatic carbocycles. The Morgan fingerprint density at radius 1 is 1.03 bits per heavy atom. The average Bonchev–Trinajstić information content (AvgIpc) is 3.19. The van der Waals surface area contributed by atoms with E-state index in [1.54, 1.807) is 6.07 Å². The number of nitrogens with zero attached hydrogens (tertiary/aromatic N) is 1. The first-order valence-corrected chi connectivity index (χ1v) is 14.9. The number of sulfonamides is 1. The van der Waals surface area contributed by atoms with E-state index in [9.17, 15) is 13.2 Å². The van der Waals surface area contributed by atoms with Gasteiger partial charge in [-0.25, -0.2) is 8.42 Å². The largest absolute Gasteiger partial charge is 0.488 e. The van der Waals surface area contributed by atoms with Crippen molar-refractivity contribution in [3.8, 4) is 16.9 Å². The van der Waals surface area contributed by atoms with Crippen LogP contribution < -0.4 is 14.8 Å². The van der Waals surface area contributed by atoms with Gasteiger partial charge in [0.05, 0.1) is 16.8 Å². The van der Waals surface area contributed by atoms with E-state index in [0.717, 1.165) is 45.7 Å². The highest BCUT2D eigenvalue weighted by Crippen LogP contribution is 2.43. The Balaban J connectivity index is 1.45. The van der Waals surface area contributed by atoms with Crippen LogP contribution in [0.15, 0.2) is 72.8 Å². The van der Waals surface area contributed by atoms with Gasteiger partial charge in [-0.15, -0.1) is 11.3 Å². The monoisotopic (exact) mass is 567 g/mol. The van der Waals surface area contributed by atoms with Crippen molar-refractivity contribution in [2.45, 2.75) is 19.7 Å². The molecule has 7 nitrogen and oxygen atoms in total. The second-order valence-corrected chi connectivity index (χ2v) is 12.6. The normalized spacial score (nSPS) is 13.2. The Morgan fingerprint density at radius 2 is 1.79 bits per heavy atom. The lowest BCUT2D eigenvalue weighted by molar-refractivity contribution is 0.103. The molecule has 2 heterocycles. The van der Waals surface area contributed by atoms with Crippen LogP contribution in [-0.2, 0) is 29.7 Å². The van der Waals surface area contributed by atoms with Gasteiger partial charge in [-0.2, -0.15) is 0 Å². The summed E-state index contributed by atoms with van der Waals surface area (Å²) in [6.07, 6.45) is 1.05. The summed E-state index contributed by atoms with van der Waals surface area (Å²) >= 11 is 7.60. The maximum absolute atomic E-state index is 13.3. The first kappa shape index (κ1) is 26.2. The molecule has 3 aromatic carbocycles. The van der Waals surface area contributed by atoms with Crippen LogP contribution in [-0.4, -0.2) is 32.5 Å². The standard InChI is InChI=1S/C28H26ClN3O4S2/c1-32-15-19-9-6-10-24(36-17-18-7-4-3-5-8-18)27(19)23-14-25(37-26(23)16-32)28(33)30-21-11-20(29)12-22(13-21)31-38(2,34)35/h3-14,31H,15-17H2,1-2H3,(H,30,33). The van der Waals surface area contributed by atoms with Crippen molar-refractivity contribution < 1.29 is 17.9 Å². The minimum atomic E-state index is -3.49. The molecular weight excluding hydrogens is 542 g/mol. The number of rotatable bonds is 7. The number of halogens is 1. The van der Waals surface area contributed by atoms with Gasteiger partial charge in [0.15, 0.2) is 0 Å². The quantitative estimate of drug-likeness (QED) is 0.277. The molecule has 0 spiro atoms. The second kappa shape index (κ2) is 10.8. The summed E-state index contributed by atoms with van der Waals surface area (Å²) in [5.74, 6) is 0.474. The summed E-state index contributed by atoms with van der Waals surface area (Å²) in [6, 6.07) is 22.6. The van der Waals surface area contributed by atoms with E-state index < -0.39 is 10.0 Å². The molecule has 0 radical (unpaired) electrons. The second-order valence-electron chi connectivity index (χ2n) is 9.24. The van der Waals surface area contributed by atoms with Crippen LogP contribution in [0.25, 0.3) is 11.1 Å². The highest BCUT2D eigenvalue weighted by Gasteiger charge is 2.25. The minimum Gasteiger partial charge on any atom is -0.488 e. The first-order chi connectivity index (χ1) is 18.1. The van der Waals surface area contributed by atoms with E-state index in [1.807, 2.05) is 48.5 Å². The van der Waals surface area contributed by atoms with Gasteiger partial charge < -0.3 is 10.1 Å². The van der Waals surface area contributed by atoms with Crippen molar-refractivity contribution in [3.63, 3.8) is 0 Å². The topological polar surface area (TPSA) is 87.7 Å². The molecule has 0 saturated carbocycles. The molecule has 1 aromatic heterocycles. The predicted octanol–water partition coefficient (Wildman–Crippen LogP) is 6.22. The average molecular weight is 568 g/mol. The lowest BCUT2D eigenvalue weighted by Crippen LogP contribution is -2.15. The van der Waals surface area contributed by atoms with Crippen LogP contribution in [0.5, 0.6) is 5.75 Å². The summed E-state index contributed by atoms with van der Waals surface area (Å²) in [5.41, 5.74) is 4.85. The van der Waals surface area contributed by atoms with Crippen molar-refractivity contribution in [2.75, 3.05) is 23.3 Å². The molecule has 38 heavy (non-hydrogen) atoms. The molecule has 1 aliphatic rings. The van der Waals surface area contributed by atoms with Crippen molar-refractivity contribution in [3.05, 3.63) is 98.7 Å². The third kappa shape index (κ3) is 6.19. The molecule has 10 heteroatoms. The first-order valence-electron chi connectivity index (χ1n) is 11.8. The third-order valence-corrected chi connectivity index (χ3v) is 7.91. The van der Waals surface area contributed by atoms with E-state index >= 15 is 0 Å². The zero-order valence-corrected chi connectivity index (χ0v) is 23.2. The van der Waals surface area contributed by atoms with E-state index in [2.05, 4.69) is 28.1 Å². The summed E-state index contributed by atoms with van der Waals surface area (Å²) in [7, 11) is -1.44. The maximum Gasteiger partial charge on any atom is 0.265 e. The molecule has 0 fully saturated rings. The fourth-order valence-corrected chi connectivity index (χ4v) is 6.38. The number of benzene rings is 3. The minimum absolute atomic E-state index is 0.271. The number of ether oxygens (including phenoxy) is 1. The van der Waals surface area contributed by atoms with Gasteiger partial charge in [-0.3, -0.25) is 14.4 Å². The molecule has 0 unspecified atom stereocenters. The molecule has 1 amide bonds. The van der Waals surface area contributed by atoms with E-state index in [-0.39, 0.29) is 11.6 Å². The smallest absolute Gasteiger partial charge is 0.265 e. The van der Waals surface area contributed by atoms with Crippen molar-refractivity contribution in [2.24, 2.45) is 0 Å². The zero-order chi connectivity index (χ0) is 26.9. The number of carbonyl (C=O) groups is 1. The van der Waals surface area contributed by atoms with Crippen LogP contribution in [0, 0.1) is 0 Å².